The minimum Gasteiger partial charge on any atom is -0.330 e. The zero-order chi connectivity index (χ0) is 12.8. The molecule has 2 aromatic rings. The van der Waals surface area contributed by atoms with Gasteiger partial charge in [0.25, 0.3) is 0 Å². The van der Waals surface area contributed by atoms with Crippen LogP contribution in [0.4, 0.5) is 0 Å². The quantitative estimate of drug-likeness (QED) is 0.914. The molecule has 3 unspecified atom stereocenters. The van der Waals surface area contributed by atoms with Crippen molar-refractivity contribution in [2.45, 2.75) is 38.3 Å². The molecule has 0 radical (unpaired) electrons. The Balaban J connectivity index is 1.51. The van der Waals surface area contributed by atoms with Crippen LogP contribution in [0, 0.1) is 11.8 Å². The third kappa shape index (κ3) is 1.88. The largest absolute Gasteiger partial charge is 0.330 e. The molecule has 1 heterocycles. The molecule has 19 heavy (non-hydrogen) atoms. The van der Waals surface area contributed by atoms with Gasteiger partial charge >= 0.3 is 0 Å². The molecule has 2 bridgehead atoms. The van der Waals surface area contributed by atoms with Gasteiger partial charge in [-0.15, -0.1) is 0 Å². The van der Waals surface area contributed by atoms with E-state index in [0.717, 1.165) is 35.8 Å². The number of aromatic nitrogens is 2. The fraction of sp³-hybridized carbons (Fsp3) is 0.562. The zero-order valence-electron chi connectivity index (χ0n) is 11.5. The lowest BCUT2D eigenvalue weighted by Crippen LogP contribution is -2.34. The molecule has 4 rings (SSSR count). The van der Waals surface area contributed by atoms with E-state index in [2.05, 4.69) is 41.2 Å². The Hall–Kier alpha value is -1.35. The highest BCUT2D eigenvalue weighted by Crippen LogP contribution is 2.44. The minimum absolute atomic E-state index is 0.735. The maximum atomic E-state index is 4.74. The molecule has 3 atom stereocenters. The molecule has 2 fully saturated rings. The monoisotopic (exact) mass is 255 g/mol. The molecule has 2 saturated carbocycles. The van der Waals surface area contributed by atoms with Crippen molar-refractivity contribution >= 4 is 11.0 Å². The molecule has 2 aliphatic carbocycles. The van der Waals surface area contributed by atoms with Crippen LogP contribution in [-0.2, 0) is 13.6 Å². The first-order valence-electron chi connectivity index (χ1n) is 7.45. The second kappa shape index (κ2) is 4.34. The lowest BCUT2D eigenvalue weighted by molar-refractivity contribution is 0.347. The van der Waals surface area contributed by atoms with Crippen molar-refractivity contribution in [1.29, 1.82) is 0 Å². The lowest BCUT2D eigenvalue weighted by atomic mass is 9.95. The van der Waals surface area contributed by atoms with Crippen LogP contribution in [0.2, 0.25) is 0 Å². The summed E-state index contributed by atoms with van der Waals surface area (Å²) in [7, 11) is 2.12. The Morgan fingerprint density at radius 1 is 1.26 bits per heavy atom. The van der Waals surface area contributed by atoms with Crippen LogP contribution in [0.1, 0.15) is 31.5 Å². The fourth-order valence-corrected chi connectivity index (χ4v) is 4.07. The molecular weight excluding hydrogens is 234 g/mol. The normalized spacial score (nSPS) is 29.4. The number of rotatable bonds is 3. The predicted octanol–water partition coefficient (Wildman–Crippen LogP) is 2.85. The highest BCUT2D eigenvalue weighted by Gasteiger charge is 2.39. The van der Waals surface area contributed by atoms with Crippen molar-refractivity contribution in [2.75, 3.05) is 0 Å². The van der Waals surface area contributed by atoms with Crippen LogP contribution < -0.4 is 5.32 Å². The van der Waals surface area contributed by atoms with E-state index in [4.69, 9.17) is 4.98 Å². The van der Waals surface area contributed by atoms with E-state index in [1.165, 1.54) is 31.2 Å². The predicted molar refractivity (Wildman–Crippen MR) is 76.8 cm³/mol. The third-order valence-corrected chi connectivity index (χ3v) is 5.14. The molecule has 3 heteroatoms. The van der Waals surface area contributed by atoms with Gasteiger partial charge in [-0.1, -0.05) is 18.6 Å². The second-order valence-electron chi connectivity index (χ2n) is 6.24. The van der Waals surface area contributed by atoms with Crippen molar-refractivity contribution in [3.63, 3.8) is 0 Å². The Bertz CT molecular complexity index is 601. The number of aryl methyl sites for hydroxylation is 1. The molecule has 2 aliphatic rings. The fourth-order valence-electron chi connectivity index (χ4n) is 4.07. The topological polar surface area (TPSA) is 29.9 Å². The molecule has 1 aromatic heterocycles. The van der Waals surface area contributed by atoms with Crippen LogP contribution >= 0.6 is 0 Å². The number of hydrogen-bond donors (Lipinski definition) is 1. The van der Waals surface area contributed by atoms with Gasteiger partial charge in [0.2, 0.25) is 0 Å². The molecule has 3 nitrogen and oxygen atoms in total. The summed E-state index contributed by atoms with van der Waals surface area (Å²) in [4.78, 5) is 4.74. The van der Waals surface area contributed by atoms with Crippen LogP contribution in [0.25, 0.3) is 11.0 Å². The number of nitrogens with zero attached hydrogens (tertiary/aromatic N) is 2. The first-order valence-corrected chi connectivity index (χ1v) is 7.45. The lowest BCUT2D eigenvalue weighted by Gasteiger charge is -2.22. The van der Waals surface area contributed by atoms with Gasteiger partial charge in [0, 0.05) is 13.1 Å². The average molecular weight is 255 g/mol. The highest BCUT2D eigenvalue weighted by molar-refractivity contribution is 5.75. The number of para-hydroxylation sites is 2. The summed E-state index contributed by atoms with van der Waals surface area (Å²) in [6.07, 6.45) is 5.74. The van der Waals surface area contributed by atoms with Gasteiger partial charge in [-0.25, -0.2) is 4.98 Å². The van der Waals surface area contributed by atoms with E-state index < -0.39 is 0 Å². The summed E-state index contributed by atoms with van der Waals surface area (Å²) in [5.74, 6) is 3.09. The SMILES string of the molecule is Cn1c(CNC2CC3CCC2C3)nc2ccccc21. The van der Waals surface area contributed by atoms with Crippen LogP contribution in [0.15, 0.2) is 24.3 Å². The van der Waals surface area contributed by atoms with Gasteiger partial charge in [0.15, 0.2) is 0 Å². The van der Waals surface area contributed by atoms with Gasteiger partial charge in [0.1, 0.15) is 5.82 Å². The molecule has 100 valence electrons. The second-order valence-corrected chi connectivity index (χ2v) is 6.24. The van der Waals surface area contributed by atoms with Gasteiger partial charge in [-0.05, 0) is 43.2 Å². The number of nitrogens with one attached hydrogen (secondary N) is 1. The summed E-state index contributed by atoms with van der Waals surface area (Å²) in [6.45, 7) is 0.902. The molecular formula is C16H21N3. The number of hydrogen-bond acceptors (Lipinski definition) is 2. The van der Waals surface area contributed by atoms with Crippen molar-refractivity contribution in [2.24, 2.45) is 18.9 Å². The Labute approximate surface area is 114 Å². The van der Waals surface area contributed by atoms with Crippen LogP contribution in [-0.4, -0.2) is 15.6 Å². The van der Waals surface area contributed by atoms with Crippen LogP contribution in [0.5, 0.6) is 0 Å². The first kappa shape index (κ1) is 11.5. The molecule has 1 N–H and O–H groups in total. The molecule has 0 amide bonds. The van der Waals surface area contributed by atoms with E-state index in [0.29, 0.717) is 0 Å². The highest BCUT2D eigenvalue weighted by atomic mass is 15.1. The van der Waals surface area contributed by atoms with Gasteiger partial charge < -0.3 is 9.88 Å². The standard InChI is InChI=1S/C16H21N3/c1-19-15-5-3-2-4-13(15)18-16(19)10-17-14-9-11-6-7-12(14)8-11/h2-5,11-12,14,17H,6-10H2,1H3. The number of imidazole rings is 1. The number of benzene rings is 1. The van der Waals surface area contributed by atoms with Gasteiger partial charge in [-0.2, -0.15) is 0 Å². The van der Waals surface area contributed by atoms with Gasteiger partial charge in [-0.3, -0.25) is 0 Å². The Morgan fingerprint density at radius 3 is 2.89 bits per heavy atom. The third-order valence-electron chi connectivity index (χ3n) is 5.14. The molecule has 0 aliphatic heterocycles. The van der Waals surface area contributed by atoms with Crippen LogP contribution in [0.3, 0.4) is 0 Å². The minimum atomic E-state index is 0.735. The summed E-state index contributed by atoms with van der Waals surface area (Å²) >= 11 is 0. The maximum Gasteiger partial charge on any atom is 0.123 e. The average Bonchev–Trinajstić information content (AvgIpc) is 3.12. The van der Waals surface area contributed by atoms with Crippen molar-refractivity contribution in [1.82, 2.24) is 14.9 Å². The Kier molecular flexibility index (Phi) is 2.62. The van der Waals surface area contributed by atoms with Crippen molar-refractivity contribution in [3.8, 4) is 0 Å². The van der Waals surface area contributed by atoms with E-state index >= 15 is 0 Å². The smallest absolute Gasteiger partial charge is 0.123 e. The number of fused-ring (bicyclic) bond motifs is 3. The molecule has 1 aromatic carbocycles. The molecule has 0 saturated heterocycles. The van der Waals surface area contributed by atoms with Crippen molar-refractivity contribution < 1.29 is 0 Å². The van der Waals surface area contributed by atoms with E-state index in [-0.39, 0.29) is 0 Å². The summed E-state index contributed by atoms with van der Waals surface area (Å²) in [5.41, 5.74) is 2.34. The summed E-state index contributed by atoms with van der Waals surface area (Å²) in [6, 6.07) is 9.11. The first-order chi connectivity index (χ1) is 9.31. The zero-order valence-corrected chi connectivity index (χ0v) is 11.5. The Morgan fingerprint density at radius 2 is 2.16 bits per heavy atom. The maximum absolute atomic E-state index is 4.74. The van der Waals surface area contributed by atoms with E-state index in [1.807, 2.05) is 0 Å². The van der Waals surface area contributed by atoms with E-state index in [9.17, 15) is 0 Å². The summed E-state index contributed by atoms with van der Waals surface area (Å²) < 4.78 is 2.22. The van der Waals surface area contributed by atoms with Gasteiger partial charge in [0.05, 0.1) is 17.6 Å². The van der Waals surface area contributed by atoms with E-state index in [1.54, 1.807) is 0 Å². The van der Waals surface area contributed by atoms with Crippen molar-refractivity contribution in [3.05, 3.63) is 30.1 Å². The molecule has 0 spiro atoms. The summed E-state index contributed by atoms with van der Waals surface area (Å²) in [5, 5.41) is 3.75.